The molecule has 1 heteroatoms. The van der Waals surface area contributed by atoms with Crippen molar-refractivity contribution in [1.82, 2.24) is 0 Å². The first-order chi connectivity index (χ1) is 6.73. The van der Waals surface area contributed by atoms with Gasteiger partial charge in [-0.1, -0.05) is 49.8 Å². The fraction of sp³-hybridized carbons (Fsp3) is 0.308. The number of benzene rings is 1. The van der Waals surface area contributed by atoms with Crippen LogP contribution in [0.25, 0.3) is 0 Å². The van der Waals surface area contributed by atoms with Gasteiger partial charge in [0, 0.05) is 0 Å². The molecule has 14 heavy (non-hydrogen) atoms. The lowest BCUT2D eigenvalue weighted by Gasteiger charge is -2.27. The molecule has 1 aromatic rings. The Morgan fingerprint density at radius 2 is 1.93 bits per heavy atom. The van der Waals surface area contributed by atoms with E-state index in [0.717, 1.165) is 12.0 Å². The maximum atomic E-state index is 10.4. The molecule has 0 spiro atoms. The van der Waals surface area contributed by atoms with E-state index in [1.54, 1.807) is 6.08 Å². The molecular weight excluding hydrogens is 172 g/mol. The van der Waals surface area contributed by atoms with E-state index in [9.17, 15) is 5.11 Å². The fourth-order valence-electron chi connectivity index (χ4n) is 1.64. The van der Waals surface area contributed by atoms with Crippen molar-refractivity contribution in [1.29, 1.82) is 0 Å². The molecule has 0 aromatic heterocycles. The van der Waals surface area contributed by atoms with Gasteiger partial charge >= 0.3 is 0 Å². The molecule has 0 saturated carbocycles. The van der Waals surface area contributed by atoms with Crippen LogP contribution in [0.3, 0.4) is 0 Å². The Labute approximate surface area is 86.1 Å². The summed E-state index contributed by atoms with van der Waals surface area (Å²) in [7, 11) is 0. The molecule has 0 heterocycles. The van der Waals surface area contributed by atoms with Crippen molar-refractivity contribution in [3.63, 3.8) is 0 Å². The van der Waals surface area contributed by atoms with Crippen LogP contribution in [-0.4, -0.2) is 5.11 Å². The van der Waals surface area contributed by atoms with E-state index in [-0.39, 0.29) is 0 Å². The molecule has 1 atom stereocenters. The second kappa shape index (κ2) is 4.97. The van der Waals surface area contributed by atoms with Gasteiger partial charge in [0.15, 0.2) is 0 Å². The van der Waals surface area contributed by atoms with E-state index in [1.165, 1.54) is 0 Å². The van der Waals surface area contributed by atoms with Crippen LogP contribution in [0.2, 0.25) is 0 Å². The summed E-state index contributed by atoms with van der Waals surface area (Å²) in [6.07, 6.45) is 3.72. The Balaban J connectivity index is 2.92. The first kappa shape index (κ1) is 11.0. The lowest BCUT2D eigenvalue weighted by Crippen LogP contribution is -2.24. The maximum Gasteiger partial charge on any atom is 0.0930 e. The zero-order valence-corrected chi connectivity index (χ0v) is 8.45. The van der Waals surface area contributed by atoms with E-state index >= 15 is 0 Å². The van der Waals surface area contributed by atoms with Gasteiger partial charge in [-0.3, -0.25) is 0 Å². The Morgan fingerprint density at radius 1 is 1.29 bits per heavy atom. The van der Waals surface area contributed by atoms with E-state index < -0.39 is 5.60 Å². The van der Waals surface area contributed by atoms with Gasteiger partial charge < -0.3 is 5.11 Å². The lowest BCUT2D eigenvalue weighted by molar-refractivity contribution is 0.0313. The number of aliphatic hydroxyl groups is 1. The van der Waals surface area contributed by atoms with Crippen LogP contribution in [0, 0.1) is 6.92 Å². The molecule has 0 amide bonds. The zero-order valence-electron chi connectivity index (χ0n) is 8.45. The average molecular weight is 189 g/mol. The first-order valence-electron chi connectivity index (χ1n) is 4.91. The van der Waals surface area contributed by atoms with Gasteiger partial charge in [-0.05, 0) is 18.4 Å². The highest BCUT2D eigenvalue weighted by atomic mass is 16.3. The zero-order chi connectivity index (χ0) is 10.4. The summed E-state index contributed by atoms with van der Waals surface area (Å²) in [5.41, 5.74) is 0.161. The van der Waals surface area contributed by atoms with Gasteiger partial charge in [0.1, 0.15) is 0 Å². The minimum absolute atomic E-state index is 0.576. The number of rotatable bonds is 5. The Hall–Kier alpha value is -1.08. The molecule has 0 aliphatic rings. The Bertz CT molecular complexity index is 279. The van der Waals surface area contributed by atoms with Gasteiger partial charge in [0.25, 0.3) is 0 Å². The van der Waals surface area contributed by atoms with Crippen molar-refractivity contribution in [2.24, 2.45) is 0 Å². The molecule has 75 valence electrons. The van der Waals surface area contributed by atoms with E-state index in [1.807, 2.05) is 30.3 Å². The van der Waals surface area contributed by atoms with Crippen molar-refractivity contribution >= 4 is 0 Å². The summed E-state index contributed by atoms with van der Waals surface area (Å²) in [6, 6.07) is 9.71. The summed E-state index contributed by atoms with van der Waals surface area (Å²) >= 11 is 0. The largest absolute Gasteiger partial charge is 0.385 e. The third-order valence-corrected chi connectivity index (χ3v) is 2.38. The second-order valence-corrected chi connectivity index (χ2v) is 3.49. The second-order valence-electron chi connectivity index (χ2n) is 3.49. The first-order valence-corrected chi connectivity index (χ1v) is 4.91. The minimum atomic E-state index is -0.787. The predicted molar refractivity (Wildman–Crippen MR) is 59.7 cm³/mol. The van der Waals surface area contributed by atoms with Crippen LogP contribution in [0.15, 0.2) is 43.0 Å². The molecule has 0 fully saturated rings. The van der Waals surface area contributed by atoms with Gasteiger partial charge in [-0.15, -0.1) is 6.58 Å². The Morgan fingerprint density at radius 3 is 2.43 bits per heavy atom. The molecule has 0 aliphatic heterocycles. The summed E-state index contributed by atoms with van der Waals surface area (Å²) in [4.78, 5) is 0. The van der Waals surface area contributed by atoms with E-state index in [2.05, 4.69) is 13.5 Å². The summed E-state index contributed by atoms with van der Waals surface area (Å²) in [5, 5.41) is 10.4. The molecule has 1 aromatic carbocycles. The summed E-state index contributed by atoms with van der Waals surface area (Å²) in [5.74, 6) is 0. The van der Waals surface area contributed by atoms with E-state index in [4.69, 9.17) is 0 Å². The van der Waals surface area contributed by atoms with Crippen LogP contribution in [0.1, 0.15) is 24.8 Å². The van der Waals surface area contributed by atoms with Crippen LogP contribution < -0.4 is 0 Å². The van der Waals surface area contributed by atoms with Gasteiger partial charge in [-0.25, -0.2) is 0 Å². The van der Waals surface area contributed by atoms with Crippen molar-refractivity contribution < 1.29 is 5.11 Å². The van der Waals surface area contributed by atoms with Crippen molar-refractivity contribution in [3.8, 4) is 0 Å². The molecule has 1 radical (unpaired) electrons. The van der Waals surface area contributed by atoms with Crippen molar-refractivity contribution in [2.75, 3.05) is 0 Å². The number of hydrogen-bond acceptors (Lipinski definition) is 1. The smallest absolute Gasteiger partial charge is 0.0930 e. The molecule has 1 nitrogen and oxygen atoms in total. The highest BCUT2D eigenvalue weighted by Crippen LogP contribution is 2.29. The van der Waals surface area contributed by atoms with Crippen molar-refractivity contribution in [3.05, 3.63) is 55.5 Å². The van der Waals surface area contributed by atoms with Gasteiger partial charge in [0.05, 0.1) is 5.60 Å². The summed E-state index contributed by atoms with van der Waals surface area (Å²) in [6.45, 7) is 7.46. The molecule has 0 saturated heterocycles. The van der Waals surface area contributed by atoms with Crippen LogP contribution in [0.4, 0.5) is 0 Å². The van der Waals surface area contributed by atoms with Crippen LogP contribution in [-0.2, 0) is 5.60 Å². The SMILES string of the molecule is [CH2]CCC(O)(CC=C)c1ccccc1. The third-order valence-electron chi connectivity index (χ3n) is 2.38. The van der Waals surface area contributed by atoms with Gasteiger partial charge in [-0.2, -0.15) is 0 Å². The maximum absolute atomic E-state index is 10.4. The minimum Gasteiger partial charge on any atom is -0.385 e. The Kier molecular flexibility index (Phi) is 3.90. The third kappa shape index (κ3) is 2.46. The van der Waals surface area contributed by atoms with Crippen molar-refractivity contribution in [2.45, 2.75) is 24.9 Å². The van der Waals surface area contributed by atoms with Gasteiger partial charge in [0.2, 0.25) is 0 Å². The fourth-order valence-corrected chi connectivity index (χ4v) is 1.64. The molecule has 0 bridgehead atoms. The molecular formula is C13H17O. The topological polar surface area (TPSA) is 20.2 Å². The summed E-state index contributed by atoms with van der Waals surface area (Å²) < 4.78 is 0. The normalized spacial score (nSPS) is 14.7. The molecule has 1 unspecified atom stereocenters. The van der Waals surface area contributed by atoms with Crippen LogP contribution in [0.5, 0.6) is 0 Å². The highest BCUT2D eigenvalue weighted by molar-refractivity contribution is 5.23. The number of hydrogen-bond donors (Lipinski definition) is 1. The highest BCUT2D eigenvalue weighted by Gasteiger charge is 2.25. The molecule has 0 aliphatic carbocycles. The lowest BCUT2D eigenvalue weighted by atomic mass is 9.86. The predicted octanol–water partition coefficient (Wildman–Crippen LogP) is 3.06. The molecule has 1 N–H and O–H groups in total. The monoisotopic (exact) mass is 189 g/mol. The molecule has 1 rings (SSSR count). The standard InChI is InChI=1S/C13H17O/c1-3-10-13(14,11-4-2)12-8-6-5-7-9-12/h3,5-9,14H,1-2,4,10-11H2. The van der Waals surface area contributed by atoms with Crippen LogP contribution >= 0.6 is 0 Å². The average Bonchev–Trinajstić information content (AvgIpc) is 2.20. The quantitative estimate of drug-likeness (QED) is 0.706. The van der Waals surface area contributed by atoms with E-state index in [0.29, 0.717) is 12.8 Å².